The molecule has 0 radical (unpaired) electrons. The normalized spacial score (nSPS) is 28.3. The summed E-state index contributed by atoms with van der Waals surface area (Å²) < 4.78 is 0. The van der Waals surface area contributed by atoms with Crippen molar-refractivity contribution in [2.45, 2.75) is 49.4 Å². The molecule has 0 saturated carbocycles. The van der Waals surface area contributed by atoms with Crippen molar-refractivity contribution in [2.24, 2.45) is 0 Å². The molecule has 1 aromatic heterocycles. The van der Waals surface area contributed by atoms with Crippen LogP contribution in [0.15, 0.2) is 6.07 Å². The predicted molar refractivity (Wildman–Crippen MR) is 82.2 cm³/mol. The molecule has 3 nitrogen and oxygen atoms in total. The van der Waals surface area contributed by atoms with Crippen LogP contribution in [0, 0.1) is 0 Å². The lowest BCUT2D eigenvalue weighted by atomic mass is 10.2. The number of hydrogen-bond acceptors (Lipinski definition) is 5. The molecule has 100 valence electrons. The monoisotopic (exact) mass is 283 g/mol. The van der Waals surface area contributed by atoms with Gasteiger partial charge in [0.05, 0.1) is 5.25 Å². The van der Waals surface area contributed by atoms with Crippen LogP contribution >= 0.6 is 23.5 Å². The van der Waals surface area contributed by atoms with Gasteiger partial charge in [-0.2, -0.15) is 11.8 Å². The third-order valence-corrected chi connectivity index (χ3v) is 6.55. The summed E-state index contributed by atoms with van der Waals surface area (Å²) in [4.78, 5) is 9.11. The molecule has 0 bridgehead atoms. The van der Waals surface area contributed by atoms with Gasteiger partial charge in [-0.3, -0.25) is 0 Å². The van der Waals surface area contributed by atoms with Gasteiger partial charge in [-0.1, -0.05) is 27.2 Å². The molecule has 5 heteroatoms. The minimum absolute atomic E-state index is 0.389. The Balaban J connectivity index is 2.17. The van der Waals surface area contributed by atoms with Crippen molar-refractivity contribution in [3.63, 3.8) is 0 Å². The van der Waals surface area contributed by atoms with Crippen LogP contribution in [0.4, 0.5) is 5.82 Å². The highest BCUT2D eigenvalue weighted by Gasteiger charge is 2.28. The summed E-state index contributed by atoms with van der Waals surface area (Å²) >= 11 is 3.99. The van der Waals surface area contributed by atoms with Gasteiger partial charge in [0, 0.05) is 28.0 Å². The summed E-state index contributed by atoms with van der Waals surface area (Å²) in [6.07, 6.45) is 2.08. The minimum Gasteiger partial charge on any atom is -0.384 e. The Labute approximate surface area is 118 Å². The molecular weight excluding hydrogens is 262 g/mol. The molecule has 0 aromatic carbocycles. The molecule has 3 atom stereocenters. The second-order valence-corrected chi connectivity index (χ2v) is 7.76. The highest BCUT2D eigenvalue weighted by molar-refractivity contribution is 8.07. The number of nitrogens with zero attached hydrogens (tertiary/aromatic N) is 2. The van der Waals surface area contributed by atoms with Crippen molar-refractivity contribution >= 4 is 29.3 Å². The zero-order valence-corrected chi connectivity index (χ0v) is 12.9. The molecule has 18 heavy (non-hydrogen) atoms. The van der Waals surface area contributed by atoms with E-state index in [1.54, 1.807) is 0 Å². The zero-order valence-electron chi connectivity index (χ0n) is 11.2. The molecule has 0 amide bonds. The Morgan fingerprint density at radius 2 is 2.11 bits per heavy atom. The maximum atomic E-state index is 5.89. The van der Waals surface area contributed by atoms with E-state index in [0.717, 1.165) is 30.1 Å². The Kier molecular flexibility index (Phi) is 4.78. The molecule has 2 heterocycles. The smallest absolute Gasteiger partial charge is 0.144 e. The van der Waals surface area contributed by atoms with E-state index >= 15 is 0 Å². The Bertz CT molecular complexity index is 411. The Morgan fingerprint density at radius 1 is 1.33 bits per heavy atom. The van der Waals surface area contributed by atoms with Crippen molar-refractivity contribution in [2.75, 3.05) is 11.5 Å². The highest BCUT2D eigenvalue weighted by Crippen LogP contribution is 2.43. The average molecular weight is 283 g/mol. The first-order valence-corrected chi connectivity index (χ1v) is 8.49. The predicted octanol–water partition coefficient (Wildman–Crippen LogP) is 3.31. The Morgan fingerprint density at radius 3 is 2.78 bits per heavy atom. The summed E-state index contributed by atoms with van der Waals surface area (Å²) in [6, 6.07) is 1.90. The number of aromatic nitrogens is 2. The molecule has 0 aliphatic carbocycles. The standard InChI is InChI=1S/C13H21N3S2/c1-4-5-10-6-12(14)16-13(15-10)11-7-17-8(2)9(3)18-11/h6,8-9,11H,4-5,7H2,1-3H3,(H2,14,15,16). The number of aryl methyl sites for hydroxylation is 1. The molecule has 1 aliphatic heterocycles. The zero-order chi connectivity index (χ0) is 13.1. The van der Waals surface area contributed by atoms with Crippen LogP contribution in [0.1, 0.15) is 44.0 Å². The first-order valence-electron chi connectivity index (χ1n) is 6.50. The summed E-state index contributed by atoms with van der Waals surface area (Å²) in [5, 5.41) is 1.75. The van der Waals surface area contributed by atoms with Crippen LogP contribution in [0.3, 0.4) is 0 Å². The van der Waals surface area contributed by atoms with E-state index in [1.807, 2.05) is 29.6 Å². The fraction of sp³-hybridized carbons (Fsp3) is 0.692. The lowest BCUT2D eigenvalue weighted by Crippen LogP contribution is -2.23. The molecule has 0 spiro atoms. The fourth-order valence-electron chi connectivity index (χ4n) is 1.99. The van der Waals surface area contributed by atoms with Gasteiger partial charge in [-0.05, 0) is 6.42 Å². The van der Waals surface area contributed by atoms with Crippen LogP contribution in [0.25, 0.3) is 0 Å². The van der Waals surface area contributed by atoms with Crippen LogP contribution in [-0.4, -0.2) is 26.2 Å². The lowest BCUT2D eigenvalue weighted by Gasteiger charge is -2.30. The van der Waals surface area contributed by atoms with Crippen molar-refractivity contribution in [3.05, 3.63) is 17.6 Å². The minimum atomic E-state index is 0.389. The molecule has 1 aliphatic rings. The van der Waals surface area contributed by atoms with Crippen LogP contribution < -0.4 is 5.73 Å². The number of anilines is 1. The third kappa shape index (κ3) is 3.32. The van der Waals surface area contributed by atoms with Crippen molar-refractivity contribution < 1.29 is 0 Å². The topological polar surface area (TPSA) is 51.8 Å². The molecule has 2 rings (SSSR count). The summed E-state index contributed by atoms with van der Waals surface area (Å²) in [5.74, 6) is 2.63. The van der Waals surface area contributed by atoms with Crippen LogP contribution in [0.5, 0.6) is 0 Å². The summed E-state index contributed by atoms with van der Waals surface area (Å²) in [5.41, 5.74) is 6.97. The quantitative estimate of drug-likeness (QED) is 0.922. The summed E-state index contributed by atoms with van der Waals surface area (Å²) in [7, 11) is 0. The maximum Gasteiger partial charge on any atom is 0.144 e. The maximum absolute atomic E-state index is 5.89. The Hall–Kier alpha value is -0.420. The van der Waals surface area contributed by atoms with Gasteiger partial charge in [-0.25, -0.2) is 9.97 Å². The van der Waals surface area contributed by atoms with Gasteiger partial charge in [0.25, 0.3) is 0 Å². The van der Waals surface area contributed by atoms with E-state index in [9.17, 15) is 0 Å². The number of rotatable bonds is 3. The third-order valence-electron chi connectivity index (χ3n) is 3.16. The summed E-state index contributed by atoms with van der Waals surface area (Å²) in [6.45, 7) is 6.74. The first-order chi connectivity index (χ1) is 8.60. The van der Waals surface area contributed by atoms with E-state index < -0.39 is 0 Å². The average Bonchev–Trinajstić information content (AvgIpc) is 2.32. The van der Waals surface area contributed by atoms with Gasteiger partial charge in [-0.15, -0.1) is 11.8 Å². The molecule has 2 N–H and O–H groups in total. The largest absolute Gasteiger partial charge is 0.384 e. The van der Waals surface area contributed by atoms with Gasteiger partial charge in [0.15, 0.2) is 0 Å². The van der Waals surface area contributed by atoms with E-state index in [-0.39, 0.29) is 0 Å². The van der Waals surface area contributed by atoms with Crippen molar-refractivity contribution in [3.8, 4) is 0 Å². The number of nitrogen functional groups attached to an aromatic ring is 1. The second kappa shape index (κ2) is 6.15. The first kappa shape index (κ1) is 14.0. The fourth-order valence-corrected chi connectivity index (χ4v) is 4.83. The molecule has 1 aromatic rings. The molecule has 1 saturated heterocycles. The SMILES string of the molecule is CCCc1cc(N)nc(C2CSC(C)C(C)S2)n1. The van der Waals surface area contributed by atoms with Crippen molar-refractivity contribution in [1.29, 1.82) is 0 Å². The van der Waals surface area contributed by atoms with E-state index in [1.165, 1.54) is 0 Å². The second-order valence-electron chi connectivity index (χ2n) is 4.76. The number of hydrogen-bond donors (Lipinski definition) is 1. The van der Waals surface area contributed by atoms with E-state index in [2.05, 4.69) is 30.7 Å². The number of thioether (sulfide) groups is 2. The van der Waals surface area contributed by atoms with E-state index in [4.69, 9.17) is 5.73 Å². The van der Waals surface area contributed by atoms with E-state index in [0.29, 0.717) is 21.6 Å². The van der Waals surface area contributed by atoms with Gasteiger partial charge in [0.2, 0.25) is 0 Å². The van der Waals surface area contributed by atoms with Gasteiger partial charge in [0.1, 0.15) is 11.6 Å². The van der Waals surface area contributed by atoms with Crippen LogP contribution in [0.2, 0.25) is 0 Å². The van der Waals surface area contributed by atoms with Crippen LogP contribution in [-0.2, 0) is 6.42 Å². The molecule has 3 unspecified atom stereocenters. The molecule has 1 fully saturated rings. The van der Waals surface area contributed by atoms with Crippen molar-refractivity contribution in [1.82, 2.24) is 9.97 Å². The van der Waals surface area contributed by atoms with Gasteiger partial charge < -0.3 is 5.73 Å². The van der Waals surface area contributed by atoms with Gasteiger partial charge >= 0.3 is 0 Å². The number of nitrogens with two attached hydrogens (primary N) is 1. The lowest BCUT2D eigenvalue weighted by molar-refractivity contribution is 0.818. The molecular formula is C13H21N3S2. The highest BCUT2D eigenvalue weighted by atomic mass is 32.2.